The lowest BCUT2D eigenvalue weighted by Crippen LogP contribution is -2.58. The molecule has 0 bridgehead atoms. The quantitative estimate of drug-likeness (QED) is 0.286. The fourth-order valence-corrected chi connectivity index (χ4v) is 0.907. The maximum absolute atomic E-state index is 10.4. The molecule has 106 valence electrons. The van der Waals surface area contributed by atoms with Crippen molar-refractivity contribution in [2.75, 3.05) is 5.43 Å². The molecule has 4 N–H and O–H groups in total. The maximum Gasteiger partial charge on any atom is 0.300 e. The van der Waals surface area contributed by atoms with Crippen molar-refractivity contribution in [3.8, 4) is 0 Å². The molecule has 0 aliphatic carbocycles. The lowest BCUT2D eigenvalue weighted by atomic mass is 10.2. The number of nitrogens with one attached hydrogen (secondary N) is 1. The summed E-state index contributed by atoms with van der Waals surface area (Å²) in [5, 5.41) is 20.7. The van der Waals surface area contributed by atoms with Crippen LogP contribution in [-0.2, 0) is 0 Å². The second-order valence-electron chi connectivity index (χ2n) is 2.76. The number of nitrogens with two attached hydrogens (primary N) is 1. The number of nitro benzene ring substituents is 2. The Hall–Kier alpha value is -2.09. The van der Waals surface area contributed by atoms with Crippen molar-refractivity contribution in [3.05, 3.63) is 38.4 Å². The smallest absolute Gasteiger partial charge is 0.300 e. The van der Waals surface area contributed by atoms with Gasteiger partial charge in [-0.3, -0.25) is 26.1 Å². The monoisotopic (exact) mass is 298 g/mol. The summed E-state index contributed by atoms with van der Waals surface area (Å²) in [6.45, 7) is 0. The van der Waals surface area contributed by atoms with E-state index in [0.29, 0.717) is 0 Å². The number of nitro groups is 2. The average molecular weight is 299 g/mol. The van der Waals surface area contributed by atoms with Crippen LogP contribution in [-0.4, -0.2) is 14.5 Å². The Morgan fingerprint density at radius 1 is 1.16 bits per heavy atom. The predicted octanol–water partition coefficient (Wildman–Crippen LogP) is -3.34. The molecule has 19 heavy (non-hydrogen) atoms. The number of hydrazine groups is 1. The lowest BCUT2D eigenvalue weighted by molar-refractivity contribution is -1.92. The van der Waals surface area contributed by atoms with E-state index in [9.17, 15) is 20.2 Å². The van der Waals surface area contributed by atoms with Crippen molar-refractivity contribution < 1.29 is 38.7 Å². The molecule has 1 aromatic rings. The van der Waals surface area contributed by atoms with Crippen LogP contribution < -0.4 is 25.2 Å². The molecule has 1 aromatic carbocycles. The molecule has 0 aromatic heterocycles. The van der Waals surface area contributed by atoms with Gasteiger partial charge >= 0.3 is 5.69 Å². The molecule has 0 aliphatic rings. The van der Waals surface area contributed by atoms with E-state index in [2.05, 4.69) is 5.43 Å². The van der Waals surface area contributed by atoms with Gasteiger partial charge < -0.3 is 5.43 Å². The fraction of sp³-hybridized carbons (Fsp3) is 0. The summed E-state index contributed by atoms with van der Waals surface area (Å²) >= 11 is 0. The molecule has 0 unspecified atom stereocenters. The number of non-ortho nitro benzene ring substituents is 1. The zero-order valence-corrected chi connectivity index (χ0v) is 9.64. The SMILES string of the molecule is NNc1ccc([N+](=O)[O-])cc1[N+](=O)[O-].[O-][Cl+3]([O-])([O-])O. The molecular weight excluding hydrogens is 292 g/mol. The van der Waals surface area contributed by atoms with Gasteiger partial charge in [0.1, 0.15) is 5.69 Å². The summed E-state index contributed by atoms with van der Waals surface area (Å²) in [7, 11) is -4.69. The number of hydrogen-bond acceptors (Lipinski definition) is 10. The van der Waals surface area contributed by atoms with Crippen molar-refractivity contribution in [3.63, 3.8) is 0 Å². The number of halogens is 1. The van der Waals surface area contributed by atoms with Crippen LogP contribution in [0.15, 0.2) is 18.2 Å². The normalized spacial score (nSPS) is 10.2. The van der Waals surface area contributed by atoms with E-state index in [0.717, 1.165) is 12.1 Å². The van der Waals surface area contributed by atoms with Crippen LogP contribution in [0.2, 0.25) is 0 Å². The Balaban J connectivity index is 0.000000555. The van der Waals surface area contributed by atoms with E-state index in [1.807, 2.05) is 0 Å². The molecule has 0 fully saturated rings. The molecule has 0 saturated carbocycles. The van der Waals surface area contributed by atoms with Crippen molar-refractivity contribution in [1.29, 1.82) is 0 Å². The Labute approximate surface area is 106 Å². The van der Waals surface area contributed by atoms with Gasteiger partial charge in [0, 0.05) is 6.07 Å². The topological polar surface area (TPSA) is 214 Å². The number of nitrogen functional groups attached to an aromatic ring is 1. The Morgan fingerprint density at radius 3 is 1.95 bits per heavy atom. The third-order valence-electron chi connectivity index (χ3n) is 1.54. The molecule has 0 spiro atoms. The van der Waals surface area contributed by atoms with Crippen LogP contribution in [0.5, 0.6) is 0 Å². The van der Waals surface area contributed by atoms with E-state index in [-0.39, 0.29) is 11.4 Å². The van der Waals surface area contributed by atoms with Gasteiger partial charge in [0.2, 0.25) is 0 Å². The van der Waals surface area contributed by atoms with Crippen LogP contribution in [0.25, 0.3) is 0 Å². The molecule has 0 heterocycles. The van der Waals surface area contributed by atoms with Crippen molar-refractivity contribution in [2.24, 2.45) is 5.84 Å². The van der Waals surface area contributed by atoms with E-state index in [1.54, 1.807) is 0 Å². The Morgan fingerprint density at radius 2 is 1.63 bits per heavy atom. The van der Waals surface area contributed by atoms with E-state index in [4.69, 9.17) is 24.5 Å². The summed E-state index contributed by atoms with van der Waals surface area (Å²) in [4.78, 5) is 19.3. The van der Waals surface area contributed by atoms with Crippen LogP contribution >= 0.6 is 0 Å². The first-order valence-corrected chi connectivity index (χ1v) is 5.35. The number of anilines is 1. The highest BCUT2D eigenvalue weighted by molar-refractivity contribution is 5.64. The van der Waals surface area contributed by atoms with E-state index >= 15 is 0 Å². The van der Waals surface area contributed by atoms with Gasteiger partial charge in [-0.15, -0.1) is 0 Å². The van der Waals surface area contributed by atoms with Crippen molar-refractivity contribution >= 4 is 17.1 Å². The zero-order valence-electron chi connectivity index (χ0n) is 8.89. The first-order chi connectivity index (χ1) is 8.56. The Bertz CT molecular complexity index is 469. The van der Waals surface area contributed by atoms with E-state index < -0.39 is 25.8 Å². The lowest BCUT2D eigenvalue weighted by Gasteiger charge is -2.03. The van der Waals surface area contributed by atoms with Gasteiger partial charge in [0.05, 0.1) is 30.8 Å². The molecule has 0 aliphatic heterocycles. The average Bonchev–Trinajstić information content (AvgIpc) is 2.25. The summed E-state index contributed by atoms with van der Waals surface area (Å²) in [6, 6.07) is 3.15. The third-order valence-corrected chi connectivity index (χ3v) is 1.54. The summed E-state index contributed by atoms with van der Waals surface area (Å²) in [6.07, 6.45) is 0. The number of rotatable bonds is 3. The van der Waals surface area contributed by atoms with Crippen LogP contribution in [0.3, 0.4) is 0 Å². The summed E-state index contributed by atoms with van der Waals surface area (Å²) < 4.78 is 32.7. The number of nitrogens with zero attached hydrogens (tertiary/aromatic N) is 2. The van der Waals surface area contributed by atoms with Crippen molar-refractivity contribution in [2.45, 2.75) is 0 Å². The number of benzene rings is 1. The van der Waals surface area contributed by atoms with Gasteiger partial charge in [-0.1, -0.05) is 0 Å². The highest BCUT2D eigenvalue weighted by atomic mass is 35.7. The minimum absolute atomic E-state index is 0.0283. The van der Waals surface area contributed by atoms with Crippen LogP contribution in [0.1, 0.15) is 0 Å². The summed E-state index contributed by atoms with van der Waals surface area (Å²) in [5.41, 5.74) is 1.33. The van der Waals surface area contributed by atoms with Gasteiger partial charge in [0.15, 0.2) is 0 Å². The Kier molecular flexibility index (Phi) is 6.00. The fourth-order valence-electron chi connectivity index (χ4n) is 0.907. The second-order valence-corrected chi connectivity index (χ2v) is 3.55. The molecule has 0 radical (unpaired) electrons. The zero-order chi connectivity index (χ0) is 15.2. The highest BCUT2D eigenvalue weighted by Gasteiger charge is 2.18. The molecule has 1 rings (SSSR count). The first-order valence-electron chi connectivity index (χ1n) is 4.09. The van der Waals surface area contributed by atoms with Gasteiger partial charge in [-0.05, 0) is 6.07 Å². The minimum atomic E-state index is -4.69. The molecule has 0 saturated heterocycles. The maximum atomic E-state index is 10.4. The molecular formula is C6H7ClN4O8. The van der Waals surface area contributed by atoms with Gasteiger partial charge in [-0.25, -0.2) is 0 Å². The molecule has 0 atom stereocenters. The predicted molar refractivity (Wildman–Crippen MR) is 49.8 cm³/mol. The van der Waals surface area contributed by atoms with Crippen LogP contribution in [0, 0.1) is 30.5 Å². The third kappa shape index (κ3) is 7.04. The standard InChI is InChI=1S/C6H6N4O4.ClHO4/c7-8-5-2-1-4(9(11)12)3-6(5)10(13)14;2-1(3,4)5/h1-3,8H,7H2;(H,2,3,4,5). The molecule has 12 nitrogen and oxygen atoms in total. The van der Waals surface area contributed by atoms with Crippen LogP contribution in [0.4, 0.5) is 17.1 Å². The van der Waals surface area contributed by atoms with Gasteiger partial charge in [0.25, 0.3) is 5.69 Å². The summed E-state index contributed by atoms with van der Waals surface area (Å²) in [5.74, 6) is 4.99. The molecule has 0 amide bonds. The van der Waals surface area contributed by atoms with Gasteiger partial charge in [-0.2, -0.15) is 14.0 Å². The molecule has 13 heteroatoms. The van der Waals surface area contributed by atoms with E-state index in [1.165, 1.54) is 6.07 Å². The number of hydrogen-bond donors (Lipinski definition) is 3. The first kappa shape index (κ1) is 16.9. The second kappa shape index (κ2) is 6.74. The highest BCUT2D eigenvalue weighted by Crippen LogP contribution is 2.27. The largest absolute Gasteiger partial charge is 0.318 e. The minimum Gasteiger partial charge on any atom is -0.318 e. The van der Waals surface area contributed by atoms with Crippen molar-refractivity contribution in [1.82, 2.24) is 0 Å².